The minimum absolute atomic E-state index is 0.00906. The third kappa shape index (κ3) is 4.67. The second kappa shape index (κ2) is 8.36. The topological polar surface area (TPSA) is 102 Å². The lowest BCUT2D eigenvalue weighted by atomic mass is 9.91. The van der Waals surface area contributed by atoms with Gasteiger partial charge in [-0.1, -0.05) is 0 Å². The third-order valence-corrected chi connectivity index (χ3v) is 7.32. The molecule has 13 heteroatoms. The third-order valence-electron chi connectivity index (χ3n) is 5.60. The molecule has 0 radical (unpaired) electrons. The van der Waals surface area contributed by atoms with E-state index >= 15 is 0 Å². The van der Waals surface area contributed by atoms with E-state index in [0.717, 1.165) is 31.7 Å². The zero-order chi connectivity index (χ0) is 22.2. The molecule has 31 heavy (non-hydrogen) atoms. The predicted molar refractivity (Wildman–Crippen MR) is 103 cm³/mol. The largest absolute Gasteiger partial charge is 0.433 e. The zero-order valence-electron chi connectivity index (χ0n) is 16.8. The first-order chi connectivity index (χ1) is 14.6. The van der Waals surface area contributed by atoms with Gasteiger partial charge in [0.15, 0.2) is 5.03 Å². The van der Waals surface area contributed by atoms with Gasteiger partial charge in [-0.2, -0.15) is 17.5 Å². The number of hydrogen-bond acceptors (Lipinski definition) is 7. The van der Waals surface area contributed by atoms with Crippen LogP contribution in [0, 0.1) is 5.92 Å². The van der Waals surface area contributed by atoms with Crippen molar-refractivity contribution in [2.75, 3.05) is 25.0 Å². The van der Waals surface area contributed by atoms with E-state index in [4.69, 9.17) is 4.74 Å². The van der Waals surface area contributed by atoms with E-state index in [9.17, 15) is 21.6 Å². The number of aryl methyl sites for hydroxylation is 1. The van der Waals surface area contributed by atoms with Crippen LogP contribution in [-0.4, -0.2) is 64.1 Å². The summed E-state index contributed by atoms with van der Waals surface area (Å²) >= 11 is 0. The van der Waals surface area contributed by atoms with Crippen molar-refractivity contribution in [2.24, 2.45) is 13.0 Å². The molecule has 0 aromatic carbocycles. The monoisotopic (exact) mass is 460 g/mol. The number of imidazole rings is 1. The first-order valence-corrected chi connectivity index (χ1v) is 11.3. The van der Waals surface area contributed by atoms with E-state index in [-0.39, 0.29) is 36.0 Å². The Kier molecular flexibility index (Phi) is 5.92. The van der Waals surface area contributed by atoms with Gasteiger partial charge in [0.05, 0.1) is 12.4 Å². The van der Waals surface area contributed by atoms with Gasteiger partial charge in [-0.3, -0.25) is 0 Å². The molecule has 4 heterocycles. The predicted octanol–water partition coefficient (Wildman–Crippen LogP) is 1.90. The van der Waals surface area contributed by atoms with Gasteiger partial charge >= 0.3 is 6.18 Å². The maximum absolute atomic E-state index is 13.1. The fourth-order valence-corrected chi connectivity index (χ4v) is 5.53. The molecule has 0 bridgehead atoms. The molecule has 0 saturated carbocycles. The van der Waals surface area contributed by atoms with Crippen LogP contribution in [0.2, 0.25) is 0 Å². The lowest BCUT2D eigenvalue weighted by Crippen LogP contribution is -2.39. The number of ether oxygens (including phenoxy) is 1. The number of halogens is 3. The molecule has 170 valence electrons. The molecule has 4 rings (SSSR count). The normalized spacial score (nSPS) is 25.6. The number of anilines is 1. The number of rotatable bonds is 5. The van der Waals surface area contributed by atoms with Crippen LogP contribution in [0.4, 0.5) is 19.0 Å². The molecule has 0 amide bonds. The van der Waals surface area contributed by atoms with Gasteiger partial charge in [0.25, 0.3) is 10.0 Å². The summed E-state index contributed by atoms with van der Waals surface area (Å²) in [6.45, 7) is 0.819. The summed E-state index contributed by atoms with van der Waals surface area (Å²) in [6, 6.07) is 0.354. The van der Waals surface area contributed by atoms with Gasteiger partial charge in [-0.15, -0.1) is 0 Å². The Morgan fingerprint density at radius 2 is 2.00 bits per heavy atom. The van der Waals surface area contributed by atoms with Gasteiger partial charge in [-0.25, -0.2) is 23.4 Å². The van der Waals surface area contributed by atoms with E-state index in [1.165, 1.54) is 16.8 Å². The maximum atomic E-state index is 13.1. The summed E-state index contributed by atoms with van der Waals surface area (Å²) < 4.78 is 73.9. The standard InChI is InChI=1S/C18H23F3N6O3S/c1-26-9-17(24-11-26)31(28,29)27-7-12(14-4-2-3-5-30-14)13(8-27)25-16-6-15(18(19,20)21)22-10-23-16/h6,9-14H,2-5,7-8H2,1H3,(H,22,23,25)/t12-,13-,14?/m0/s1. The summed E-state index contributed by atoms with van der Waals surface area (Å²) in [4.78, 5) is 11.1. The van der Waals surface area contributed by atoms with Crippen LogP contribution < -0.4 is 5.32 Å². The highest BCUT2D eigenvalue weighted by Crippen LogP contribution is 2.33. The van der Waals surface area contributed by atoms with Crippen LogP contribution in [0.3, 0.4) is 0 Å². The Bertz CT molecular complexity index is 1020. The van der Waals surface area contributed by atoms with Gasteiger partial charge in [0.1, 0.15) is 17.8 Å². The summed E-state index contributed by atoms with van der Waals surface area (Å²) in [6.07, 6.45) is 1.51. The summed E-state index contributed by atoms with van der Waals surface area (Å²) in [7, 11) is -2.18. The Labute approximate surface area is 177 Å². The van der Waals surface area contributed by atoms with Crippen LogP contribution in [-0.2, 0) is 28.0 Å². The molecule has 3 atom stereocenters. The second-order valence-corrected chi connectivity index (χ2v) is 9.69. The molecule has 2 saturated heterocycles. The Hall–Kier alpha value is -2.25. The van der Waals surface area contributed by atoms with Crippen molar-refractivity contribution >= 4 is 15.8 Å². The van der Waals surface area contributed by atoms with E-state index in [2.05, 4.69) is 20.3 Å². The number of sulfonamides is 1. The van der Waals surface area contributed by atoms with Crippen molar-refractivity contribution in [1.29, 1.82) is 0 Å². The molecular formula is C18H23F3N6O3S. The molecule has 2 aromatic rings. The molecular weight excluding hydrogens is 437 g/mol. The lowest BCUT2D eigenvalue weighted by molar-refractivity contribution is -0.141. The Morgan fingerprint density at radius 1 is 1.19 bits per heavy atom. The van der Waals surface area contributed by atoms with Crippen molar-refractivity contribution in [3.8, 4) is 0 Å². The van der Waals surface area contributed by atoms with Crippen LogP contribution >= 0.6 is 0 Å². The Morgan fingerprint density at radius 3 is 2.65 bits per heavy atom. The highest BCUT2D eigenvalue weighted by molar-refractivity contribution is 7.89. The smallest absolute Gasteiger partial charge is 0.378 e. The first-order valence-electron chi connectivity index (χ1n) is 9.90. The molecule has 0 aliphatic carbocycles. The average molecular weight is 460 g/mol. The van der Waals surface area contributed by atoms with E-state index < -0.39 is 27.9 Å². The maximum Gasteiger partial charge on any atom is 0.433 e. The van der Waals surface area contributed by atoms with Crippen LogP contribution in [0.15, 0.2) is 29.9 Å². The minimum atomic E-state index is -4.60. The van der Waals surface area contributed by atoms with Crippen molar-refractivity contribution < 1.29 is 26.3 Å². The van der Waals surface area contributed by atoms with Crippen molar-refractivity contribution in [3.05, 3.63) is 30.6 Å². The number of nitrogens with one attached hydrogen (secondary N) is 1. The summed E-state index contributed by atoms with van der Waals surface area (Å²) in [5.74, 6) is -0.256. The number of nitrogens with zero attached hydrogens (tertiary/aromatic N) is 5. The molecule has 1 unspecified atom stereocenters. The first kappa shape index (κ1) is 22.0. The van der Waals surface area contributed by atoms with Crippen LogP contribution in [0.5, 0.6) is 0 Å². The molecule has 2 aromatic heterocycles. The summed E-state index contributed by atoms with van der Waals surface area (Å²) in [5, 5.41) is 2.93. The lowest BCUT2D eigenvalue weighted by Gasteiger charge is -2.31. The fourth-order valence-electron chi connectivity index (χ4n) is 4.06. The molecule has 9 nitrogen and oxygen atoms in total. The molecule has 0 spiro atoms. The van der Waals surface area contributed by atoms with Crippen molar-refractivity contribution in [1.82, 2.24) is 23.8 Å². The molecule has 2 aliphatic rings. The molecule has 1 N–H and O–H groups in total. The van der Waals surface area contributed by atoms with Gasteiger partial charge in [0.2, 0.25) is 0 Å². The second-order valence-electron chi connectivity index (χ2n) is 7.81. The number of aromatic nitrogens is 4. The Balaban J connectivity index is 1.59. The molecule has 2 fully saturated rings. The van der Waals surface area contributed by atoms with E-state index in [1.807, 2.05) is 0 Å². The van der Waals surface area contributed by atoms with Gasteiger partial charge in [0, 0.05) is 51.0 Å². The number of alkyl halides is 3. The van der Waals surface area contributed by atoms with Crippen LogP contribution in [0.1, 0.15) is 25.0 Å². The average Bonchev–Trinajstić information content (AvgIpc) is 3.36. The SMILES string of the molecule is Cn1cnc(S(=O)(=O)N2C[C@H](Nc3cc(C(F)(F)F)ncn3)[C@@H](C3CCCCO3)C2)c1. The minimum Gasteiger partial charge on any atom is -0.378 e. The fraction of sp³-hybridized carbons (Fsp3) is 0.611. The van der Waals surface area contributed by atoms with Crippen molar-refractivity contribution in [3.63, 3.8) is 0 Å². The van der Waals surface area contributed by atoms with Gasteiger partial charge < -0.3 is 14.6 Å². The number of hydrogen-bond donors (Lipinski definition) is 1. The van der Waals surface area contributed by atoms with Gasteiger partial charge in [-0.05, 0) is 19.3 Å². The van der Waals surface area contributed by atoms with Crippen molar-refractivity contribution in [2.45, 2.75) is 42.6 Å². The zero-order valence-corrected chi connectivity index (χ0v) is 17.6. The summed E-state index contributed by atoms with van der Waals surface area (Å²) in [5.41, 5.74) is -1.06. The van der Waals surface area contributed by atoms with Crippen LogP contribution in [0.25, 0.3) is 0 Å². The van der Waals surface area contributed by atoms with E-state index in [1.54, 1.807) is 11.6 Å². The van der Waals surface area contributed by atoms with E-state index in [0.29, 0.717) is 6.61 Å². The highest BCUT2D eigenvalue weighted by Gasteiger charge is 2.44. The quantitative estimate of drug-likeness (QED) is 0.727. The molecule has 2 aliphatic heterocycles. The highest BCUT2D eigenvalue weighted by atomic mass is 32.2.